The van der Waals surface area contributed by atoms with E-state index in [1.165, 1.54) is 19.1 Å². The van der Waals surface area contributed by atoms with Gasteiger partial charge in [0.05, 0.1) is 30.9 Å². The molecule has 1 aromatic heterocycles. The first kappa shape index (κ1) is 26.1. The largest absolute Gasteiger partial charge is 0.493 e. The van der Waals surface area contributed by atoms with E-state index in [1.807, 2.05) is 0 Å². The summed E-state index contributed by atoms with van der Waals surface area (Å²) in [4.78, 5) is 24.6. The van der Waals surface area contributed by atoms with E-state index in [-0.39, 0.29) is 44.0 Å². The molecule has 0 unspecified atom stereocenters. The number of aromatic nitrogens is 2. The van der Waals surface area contributed by atoms with Crippen LogP contribution < -0.4 is 20.1 Å². The van der Waals surface area contributed by atoms with Gasteiger partial charge in [-0.15, -0.1) is 0 Å². The maximum Gasteiger partial charge on any atom is 0.416 e. The maximum atomic E-state index is 13.2. The van der Waals surface area contributed by atoms with Gasteiger partial charge in [-0.05, 0) is 24.3 Å². The third-order valence-electron chi connectivity index (χ3n) is 5.90. The van der Waals surface area contributed by atoms with Crippen molar-refractivity contribution in [3.8, 4) is 11.5 Å². The summed E-state index contributed by atoms with van der Waals surface area (Å²) < 4.78 is 89.6. The molecule has 8 nitrogen and oxygen atoms in total. The fourth-order valence-electron chi connectivity index (χ4n) is 3.98. The van der Waals surface area contributed by atoms with E-state index in [1.54, 1.807) is 17.0 Å². The SMILES string of the molecule is COc1cc2nc(N3CCN(C(=O)c4cc(C(F)(F)F)cc(C(F)(F)F)c4)CC3)nc(N)c2cc1OC. The number of ether oxygens (including phenoxy) is 2. The Bertz CT molecular complexity index is 1300. The van der Waals surface area contributed by atoms with E-state index in [4.69, 9.17) is 15.2 Å². The van der Waals surface area contributed by atoms with Crippen LogP contribution in [0.1, 0.15) is 21.5 Å². The molecule has 37 heavy (non-hydrogen) atoms. The van der Waals surface area contributed by atoms with Crippen molar-refractivity contribution in [3.05, 3.63) is 47.0 Å². The highest BCUT2D eigenvalue weighted by atomic mass is 19.4. The van der Waals surface area contributed by atoms with Crippen molar-refractivity contribution >= 4 is 28.6 Å². The molecule has 0 atom stereocenters. The predicted octanol–water partition coefficient (Wildman–Crippen LogP) is 4.23. The quantitative estimate of drug-likeness (QED) is 0.506. The number of hydrogen-bond acceptors (Lipinski definition) is 7. The van der Waals surface area contributed by atoms with Crippen LogP contribution in [0.2, 0.25) is 0 Å². The van der Waals surface area contributed by atoms with Crippen LogP contribution in [0.15, 0.2) is 30.3 Å². The van der Waals surface area contributed by atoms with Gasteiger partial charge in [0.1, 0.15) is 5.82 Å². The summed E-state index contributed by atoms with van der Waals surface area (Å²) in [6, 6.07) is 4.10. The molecule has 3 aromatic rings. The number of hydrogen-bond donors (Lipinski definition) is 1. The van der Waals surface area contributed by atoms with Gasteiger partial charge in [-0.25, -0.2) is 4.98 Å². The summed E-state index contributed by atoms with van der Waals surface area (Å²) in [6.45, 7) is 0.386. The molecule has 1 amide bonds. The zero-order valence-corrected chi connectivity index (χ0v) is 19.6. The minimum atomic E-state index is -5.05. The number of carbonyl (C=O) groups is 1. The Morgan fingerprint density at radius 2 is 1.38 bits per heavy atom. The highest BCUT2D eigenvalue weighted by molar-refractivity contribution is 5.95. The first-order chi connectivity index (χ1) is 17.3. The van der Waals surface area contributed by atoms with Gasteiger partial charge in [0.25, 0.3) is 5.91 Å². The van der Waals surface area contributed by atoms with E-state index in [9.17, 15) is 31.1 Å². The minimum absolute atomic E-state index is 0.0131. The number of alkyl halides is 6. The molecule has 1 saturated heterocycles. The van der Waals surface area contributed by atoms with Gasteiger partial charge in [0, 0.05) is 43.2 Å². The highest BCUT2D eigenvalue weighted by Crippen LogP contribution is 2.37. The molecule has 0 radical (unpaired) electrons. The van der Waals surface area contributed by atoms with Gasteiger partial charge >= 0.3 is 12.4 Å². The molecule has 0 spiro atoms. The van der Waals surface area contributed by atoms with Gasteiger partial charge in [0.15, 0.2) is 11.5 Å². The third-order valence-corrected chi connectivity index (χ3v) is 5.90. The Morgan fingerprint density at radius 1 is 0.838 bits per heavy atom. The van der Waals surface area contributed by atoms with Crippen LogP contribution in [0.5, 0.6) is 11.5 Å². The van der Waals surface area contributed by atoms with Gasteiger partial charge in [-0.3, -0.25) is 4.79 Å². The van der Waals surface area contributed by atoms with Gasteiger partial charge in [-0.1, -0.05) is 0 Å². The fourth-order valence-corrected chi connectivity index (χ4v) is 3.98. The Kier molecular flexibility index (Phi) is 6.69. The second kappa shape index (κ2) is 9.48. The molecule has 14 heteroatoms. The number of nitrogens with two attached hydrogens (primary N) is 1. The van der Waals surface area contributed by atoms with Crippen molar-refractivity contribution < 1.29 is 40.6 Å². The van der Waals surface area contributed by atoms with E-state index >= 15 is 0 Å². The zero-order valence-electron chi connectivity index (χ0n) is 19.6. The van der Waals surface area contributed by atoms with Gasteiger partial charge in [-0.2, -0.15) is 31.3 Å². The van der Waals surface area contributed by atoms with E-state index in [0.29, 0.717) is 34.5 Å². The molecule has 1 aliphatic rings. The lowest BCUT2D eigenvalue weighted by Gasteiger charge is -2.35. The van der Waals surface area contributed by atoms with Gasteiger partial charge in [0.2, 0.25) is 5.95 Å². The van der Waals surface area contributed by atoms with Crippen LogP contribution in [-0.2, 0) is 12.4 Å². The first-order valence-electron chi connectivity index (χ1n) is 10.8. The minimum Gasteiger partial charge on any atom is -0.493 e. The Balaban J connectivity index is 1.56. The number of halogens is 6. The van der Waals surface area contributed by atoms with Crippen LogP contribution >= 0.6 is 0 Å². The average molecular weight is 529 g/mol. The molecular weight excluding hydrogens is 508 g/mol. The molecule has 0 bridgehead atoms. The lowest BCUT2D eigenvalue weighted by atomic mass is 10.0. The van der Waals surface area contributed by atoms with Crippen LogP contribution in [0.3, 0.4) is 0 Å². The number of benzene rings is 2. The number of nitrogens with zero attached hydrogens (tertiary/aromatic N) is 4. The van der Waals surface area contributed by atoms with Crippen LogP contribution in [0.4, 0.5) is 38.1 Å². The molecule has 1 fully saturated rings. The highest BCUT2D eigenvalue weighted by Gasteiger charge is 2.38. The first-order valence-corrected chi connectivity index (χ1v) is 10.8. The number of nitrogen functional groups attached to an aromatic ring is 1. The lowest BCUT2D eigenvalue weighted by molar-refractivity contribution is -0.143. The number of amides is 1. The molecular formula is C23H21F6N5O3. The second-order valence-corrected chi connectivity index (χ2v) is 8.21. The third kappa shape index (κ3) is 5.27. The molecule has 1 aliphatic heterocycles. The summed E-state index contributed by atoms with van der Waals surface area (Å²) in [6.07, 6.45) is -10.1. The van der Waals surface area contributed by atoms with Gasteiger partial charge < -0.3 is 25.0 Å². The molecule has 4 rings (SSSR count). The summed E-state index contributed by atoms with van der Waals surface area (Å²) >= 11 is 0. The smallest absolute Gasteiger partial charge is 0.416 e. The fraction of sp³-hybridized carbons (Fsp3) is 0.348. The number of anilines is 2. The average Bonchev–Trinajstić information content (AvgIpc) is 2.86. The number of rotatable bonds is 4. The van der Waals surface area contributed by atoms with Crippen molar-refractivity contribution in [2.75, 3.05) is 51.0 Å². The Morgan fingerprint density at radius 3 is 1.89 bits per heavy atom. The monoisotopic (exact) mass is 529 g/mol. The summed E-state index contributed by atoms with van der Waals surface area (Å²) in [5.74, 6) is 0.347. The van der Waals surface area contributed by atoms with Crippen molar-refractivity contribution in [1.29, 1.82) is 0 Å². The maximum absolute atomic E-state index is 13.2. The molecule has 0 saturated carbocycles. The summed E-state index contributed by atoms with van der Waals surface area (Å²) in [5, 5.41) is 0.528. The topological polar surface area (TPSA) is 93.8 Å². The van der Waals surface area contributed by atoms with Crippen molar-refractivity contribution in [1.82, 2.24) is 14.9 Å². The summed E-state index contributed by atoms with van der Waals surface area (Å²) in [5.41, 5.74) is 2.80. The zero-order chi connectivity index (χ0) is 27.1. The van der Waals surface area contributed by atoms with Crippen LogP contribution in [0, 0.1) is 0 Å². The van der Waals surface area contributed by atoms with Crippen LogP contribution in [-0.4, -0.2) is 61.2 Å². The lowest BCUT2D eigenvalue weighted by Crippen LogP contribution is -2.49. The van der Waals surface area contributed by atoms with E-state index in [0.717, 1.165) is 0 Å². The Labute approximate surface area is 206 Å². The van der Waals surface area contributed by atoms with E-state index < -0.39 is 35.0 Å². The standard InChI is InChI=1S/C23H21F6N5O3/c1-36-17-10-15-16(11-18(17)37-2)31-21(32-19(15)30)34-5-3-33(4-6-34)20(35)12-7-13(22(24,25)26)9-14(8-12)23(27,28)29/h7-11H,3-6H2,1-2H3,(H2,30,31,32). The van der Waals surface area contributed by atoms with Crippen LogP contribution in [0.25, 0.3) is 10.9 Å². The van der Waals surface area contributed by atoms with Crippen molar-refractivity contribution in [3.63, 3.8) is 0 Å². The number of methoxy groups -OCH3 is 2. The predicted molar refractivity (Wildman–Crippen MR) is 122 cm³/mol. The normalized spacial score (nSPS) is 14.7. The number of piperazine rings is 1. The molecule has 198 valence electrons. The second-order valence-electron chi connectivity index (χ2n) is 8.21. The summed E-state index contributed by atoms with van der Waals surface area (Å²) in [7, 11) is 2.94. The van der Waals surface area contributed by atoms with E-state index in [2.05, 4.69) is 9.97 Å². The van der Waals surface area contributed by atoms with Crippen molar-refractivity contribution in [2.45, 2.75) is 12.4 Å². The molecule has 0 aliphatic carbocycles. The number of carbonyl (C=O) groups excluding carboxylic acids is 1. The molecule has 2 aromatic carbocycles. The Hall–Kier alpha value is -3.97. The number of fused-ring (bicyclic) bond motifs is 1. The molecule has 2 heterocycles. The molecule has 2 N–H and O–H groups in total. The van der Waals surface area contributed by atoms with Crippen molar-refractivity contribution in [2.24, 2.45) is 0 Å².